The van der Waals surface area contributed by atoms with Gasteiger partial charge in [-0.25, -0.2) is 9.79 Å². The minimum atomic E-state index is -2.09. The first kappa shape index (κ1) is 27.7. The molecule has 0 fully saturated rings. The number of hydrogen-bond acceptors (Lipinski definition) is 6. The quantitative estimate of drug-likeness (QED) is 0.0802. The summed E-state index contributed by atoms with van der Waals surface area (Å²) < 4.78 is 12.4. The number of nitrogens with zero attached hydrogens (tertiary/aromatic N) is 4. The summed E-state index contributed by atoms with van der Waals surface area (Å²) in [5.41, 5.74) is 4.35. The molecule has 1 aliphatic rings. The highest BCUT2D eigenvalue weighted by Crippen LogP contribution is 2.52. The number of benzene rings is 5. The normalized spacial score (nSPS) is 16.4. The minimum absolute atomic E-state index is 0.266. The van der Waals surface area contributed by atoms with Crippen LogP contribution in [0.3, 0.4) is 0 Å². The number of azo groups is 1. The number of halogens is 2. The van der Waals surface area contributed by atoms with Gasteiger partial charge in [0.15, 0.2) is 5.71 Å². The Morgan fingerprint density at radius 3 is 1.90 bits per heavy atom. The lowest BCUT2D eigenvalue weighted by atomic mass is 9.79. The zero-order valence-corrected chi connectivity index (χ0v) is 25.6. The van der Waals surface area contributed by atoms with Crippen LogP contribution in [0.4, 0.5) is 17.1 Å². The van der Waals surface area contributed by atoms with Crippen LogP contribution in [0.1, 0.15) is 5.56 Å². The molecule has 0 saturated heterocycles. The van der Waals surface area contributed by atoms with E-state index in [9.17, 15) is 9.59 Å². The van der Waals surface area contributed by atoms with Crippen molar-refractivity contribution < 1.29 is 23.9 Å². The molecule has 0 spiro atoms. The molecule has 1 heterocycles. The number of ether oxygens (including phenoxy) is 2. The molecule has 0 saturated carbocycles. The smallest absolute Gasteiger partial charge is 0.354 e. The first-order valence-electron chi connectivity index (χ1n) is 12.8. The third kappa shape index (κ3) is 4.56. The Balaban J connectivity index is 1.81. The molecule has 0 aromatic heterocycles. The highest BCUT2D eigenvalue weighted by Gasteiger charge is 2.54. The molecule has 10 heteroatoms. The van der Waals surface area contributed by atoms with Crippen LogP contribution in [-0.4, -0.2) is 36.7 Å². The molecule has 0 aliphatic carbocycles. The predicted octanol–water partition coefficient (Wildman–Crippen LogP) is 8.56. The predicted molar refractivity (Wildman–Crippen MR) is 168 cm³/mol. The van der Waals surface area contributed by atoms with Gasteiger partial charge in [0.25, 0.3) is 0 Å². The Morgan fingerprint density at radius 2 is 1.31 bits per heavy atom. The van der Waals surface area contributed by atoms with Crippen LogP contribution in [0.15, 0.2) is 116 Å². The van der Waals surface area contributed by atoms with Crippen LogP contribution in [0.5, 0.6) is 0 Å². The number of aliphatic imine (C=N–C) groups is 1. The van der Waals surface area contributed by atoms with Gasteiger partial charge in [0.05, 0.1) is 19.9 Å². The van der Waals surface area contributed by atoms with E-state index in [2.05, 4.69) is 31.9 Å². The summed E-state index contributed by atoms with van der Waals surface area (Å²) in [6.45, 7) is 0. The second-order valence-corrected chi connectivity index (χ2v) is 11.2. The van der Waals surface area contributed by atoms with Crippen molar-refractivity contribution in [3.63, 3.8) is 0 Å². The zero-order chi connectivity index (χ0) is 29.4. The molecule has 208 valence electrons. The Hall–Kier alpha value is -4.41. The van der Waals surface area contributed by atoms with Crippen LogP contribution in [0, 0.1) is 0 Å². The summed E-state index contributed by atoms with van der Waals surface area (Å²) >= 11 is 6.90. The van der Waals surface area contributed by atoms with E-state index in [0.29, 0.717) is 28.0 Å². The van der Waals surface area contributed by atoms with Crippen molar-refractivity contribution in [3.8, 4) is 0 Å². The molecule has 42 heavy (non-hydrogen) atoms. The van der Waals surface area contributed by atoms with Gasteiger partial charge in [0, 0.05) is 26.8 Å². The number of esters is 2. The average Bonchev–Trinajstić information content (AvgIpc) is 3.03. The van der Waals surface area contributed by atoms with E-state index in [1.54, 1.807) is 36.4 Å². The molecule has 1 atom stereocenters. The van der Waals surface area contributed by atoms with E-state index < -0.39 is 17.5 Å². The average molecular weight is 686 g/mol. The van der Waals surface area contributed by atoms with Crippen LogP contribution < -0.4 is 0 Å². The molecule has 5 aromatic carbocycles. The number of carbonyl (C=O) groups excluding carboxylic acids is 2. The minimum Gasteiger partial charge on any atom is -0.468 e. The van der Waals surface area contributed by atoms with Gasteiger partial charge >= 0.3 is 11.9 Å². The van der Waals surface area contributed by atoms with E-state index in [0.717, 1.165) is 25.1 Å². The van der Waals surface area contributed by atoms with Crippen molar-refractivity contribution in [2.75, 3.05) is 14.2 Å². The number of rotatable bonds is 5. The van der Waals surface area contributed by atoms with Crippen LogP contribution in [0.2, 0.25) is 0 Å². The summed E-state index contributed by atoms with van der Waals surface area (Å²) in [4.78, 5) is 34.1. The van der Waals surface area contributed by atoms with Gasteiger partial charge in [-0.3, -0.25) is 4.79 Å². The van der Waals surface area contributed by atoms with Gasteiger partial charge in [0.1, 0.15) is 0 Å². The number of hydrogen-bond donors (Lipinski definition) is 0. The molecule has 1 unspecified atom stereocenters. The Morgan fingerprint density at radius 1 is 0.762 bits per heavy atom. The van der Waals surface area contributed by atoms with Crippen molar-refractivity contribution in [1.29, 1.82) is 0 Å². The van der Waals surface area contributed by atoms with E-state index in [4.69, 9.17) is 25.0 Å². The van der Waals surface area contributed by atoms with Crippen molar-refractivity contribution >= 4 is 88.1 Å². The Bertz CT molecular complexity index is 1940. The maximum atomic E-state index is 14.3. The third-order valence-corrected chi connectivity index (χ3v) is 8.09. The first-order chi connectivity index (χ1) is 20.4. The third-order valence-electron chi connectivity index (χ3n) is 7.03. The first-order valence-corrected chi connectivity index (χ1v) is 14.4. The lowest BCUT2D eigenvalue weighted by Crippen LogP contribution is -2.50. The van der Waals surface area contributed by atoms with Crippen molar-refractivity contribution in [2.45, 2.75) is 5.54 Å². The molecule has 8 nitrogen and oxygen atoms in total. The fourth-order valence-electron chi connectivity index (χ4n) is 5.16. The largest absolute Gasteiger partial charge is 0.468 e. The highest BCUT2D eigenvalue weighted by molar-refractivity contribution is 9.10. The molecular weight excluding hydrogens is 664 g/mol. The van der Waals surface area contributed by atoms with Crippen molar-refractivity contribution in [3.05, 3.63) is 117 Å². The lowest BCUT2D eigenvalue weighted by Gasteiger charge is -2.39. The molecule has 1 aliphatic heterocycles. The number of methoxy groups -OCH3 is 2. The van der Waals surface area contributed by atoms with Crippen molar-refractivity contribution in [2.24, 2.45) is 10.1 Å². The van der Waals surface area contributed by atoms with Gasteiger partial charge in [0.2, 0.25) is 11.2 Å². The lowest BCUT2D eigenvalue weighted by molar-refractivity contribution is -0.466. The summed E-state index contributed by atoms with van der Waals surface area (Å²) in [7, 11) is 2.50. The van der Waals surface area contributed by atoms with Crippen molar-refractivity contribution in [1.82, 2.24) is 0 Å². The Labute approximate surface area is 257 Å². The Kier molecular flexibility index (Phi) is 7.34. The molecule has 6 rings (SSSR count). The van der Waals surface area contributed by atoms with Gasteiger partial charge in [-0.15, -0.1) is 4.81 Å². The zero-order valence-electron chi connectivity index (χ0n) is 22.4. The molecule has 0 bridgehead atoms. The monoisotopic (exact) mass is 684 g/mol. The van der Waals surface area contributed by atoms with E-state index in [1.165, 1.54) is 19.0 Å². The standard InChI is InChI=1S/C32H22Br2N4O4/c1-41-30(39)29(35-21-15-11-19(33)12-16-21)32(31(40)42-2)27-25-9-5-3-7-23(25)24-8-4-6-10-26(24)28(27)36-38(37-32)22-17-13-20(34)14-18-22/h3-18H,1-2H3. The second kappa shape index (κ2) is 11.1. The van der Waals surface area contributed by atoms with Gasteiger partial charge in [-0.1, -0.05) is 80.4 Å². The number of fused-ring (bicyclic) bond motifs is 6. The van der Waals surface area contributed by atoms with Crippen LogP contribution >= 0.6 is 31.9 Å². The summed E-state index contributed by atoms with van der Waals surface area (Å²) in [6.07, 6.45) is 0. The van der Waals surface area contributed by atoms with E-state index >= 15 is 0 Å². The SMILES string of the molecule is COC(=O)C(=Nc1ccc(Br)cc1)C1(C(=O)OC)[N-][N+](c2ccc(Br)cc2)=Nc2c1c1ccccc1c1ccccc21. The fourth-order valence-corrected chi connectivity index (χ4v) is 5.69. The molecule has 0 amide bonds. The maximum Gasteiger partial charge on any atom is 0.354 e. The van der Waals surface area contributed by atoms with Gasteiger partial charge in [-0.2, -0.15) is 10.5 Å². The fraction of sp³-hybridized carbons (Fsp3) is 0.0938. The molecular formula is C32H22Br2N4O4. The summed E-state index contributed by atoms with van der Waals surface area (Å²) in [6, 6.07) is 29.7. The maximum absolute atomic E-state index is 14.3. The molecule has 0 radical (unpaired) electrons. The molecule has 0 N–H and O–H groups in total. The topological polar surface area (TPSA) is 94.4 Å². The molecule has 5 aromatic rings. The summed E-state index contributed by atoms with van der Waals surface area (Å²) in [5, 5.41) is 8.18. The van der Waals surface area contributed by atoms with E-state index in [-0.39, 0.29) is 5.71 Å². The van der Waals surface area contributed by atoms with Crippen LogP contribution in [0.25, 0.3) is 27.0 Å². The van der Waals surface area contributed by atoms with Crippen LogP contribution in [-0.2, 0) is 24.6 Å². The second-order valence-electron chi connectivity index (χ2n) is 9.41. The van der Waals surface area contributed by atoms with Gasteiger partial charge in [-0.05, 0) is 63.5 Å². The number of carbonyl (C=O) groups is 2. The van der Waals surface area contributed by atoms with Gasteiger partial charge < -0.3 is 9.47 Å². The van der Waals surface area contributed by atoms with E-state index in [1.807, 2.05) is 60.7 Å². The highest BCUT2D eigenvalue weighted by atomic mass is 79.9. The summed E-state index contributed by atoms with van der Waals surface area (Å²) in [5.74, 6) is -1.66.